The number of nitrogens with one attached hydrogen (secondary N) is 1. The SMILES string of the molecule is O=C(NCCc1ccc2c(c1)C1CC3CC(CC2C3)C1)c1ccccc1.[B][B]B([B])B(B=S)B(B([B])[B])B([B])[B]. The third kappa shape index (κ3) is 7.87. The zero-order chi connectivity index (χ0) is 28.8. The van der Waals surface area contributed by atoms with E-state index < -0.39 is 19.2 Å². The van der Waals surface area contributed by atoms with Crippen molar-refractivity contribution in [2.75, 3.05) is 6.54 Å². The third-order valence-electron chi connectivity index (χ3n) is 9.06. The number of rotatable bonds is 10. The summed E-state index contributed by atoms with van der Waals surface area (Å²) in [5.74, 6) is 3.57. The number of hydrogen-bond donors (Lipinski definition) is 1. The molecule has 2 aromatic rings. The van der Waals surface area contributed by atoms with Crippen molar-refractivity contribution >= 4 is 109 Å². The predicted octanol–water partition coefficient (Wildman–Crippen LogP) is 0.748. The van der Waals surface area contributed by atoms with Crippen LogP contribution in [-0.4, -0.2) is 104 Å². The Hall–Kier alpha value is -1.03. The van der Waals surface area contributed by atoms with Gasteiger partial charge in [-0.1, -0.05) is 36.4 Å². The number of hydrogen-bond acceptors (Lipinski definition) is 2. The van der Waals surface area contributed by atoms with Crippen molar-refractivity contribution < 1.29 is 4.79 Å². The molecule has 2 saturated carbocycles. The summed E-state index contributed by atoms with van der Waals surface area (Å²) in [5, 5.41) is 3.06. The average Bonchev–Trinajstić information content (AvgIpc) is 3.11. The van der Waals surface area contributed by atoms with E-state index in [1.165, 1.54) is 50.8 Å². The molecule has 2 aromatic carbocycles. The van der Waals surface area contributed by atoms with Gasteiger partial charge < -0.3 is 5.32 Å². The fraction of sp³-hybridized carbons (Fsp3) is 0.458. The quantitative estimate of drug-likeness (QED) is 0.471. The summed E-state index contributed by atoms with van der Waals surface area (Å²) in [5.41, 5.74) is 5.41. The van der Waals surface area contributed by atoms with Crippen LogP contribution in [0.15, 0.2) is 48.5 Å². The fourth-order valence-corrected chi connectivity index (χ4v) is 7.57. The minimum absolute atomic E-state index is 0.0244. The van der Waals surface area contributed by atoms with Crippen LogP contribution in [0.25, 0.3) is 0 Å². The van der Waals surface area contributed by atoms with Crippen LogP contribution in [0, 0.1) is 11.8 Å². The number of carbonyl (C=O) groups is 1. The molecule has 0 heterocycles. The molecule has 13 radical (unpaired) electrons. The van der Waals surface area contributed by atoms with E-state index in [-0.39, 0.29) is 18.7 Å². The van der Waals surface area contributed by atoms with E-state index in [2.05, 4.69) is 23.5 Å². The Morgan fingerprint density at radius 3 is 2.02 bits per heavy atom. The molecule has 2 nitrogen and oxygen atoms in total. The Kier molecular flexibility index (Phi) is 11.9. The number of amides is 1. The molecule has 16 heteroatoms. The third-order valence-corrected chi connectivity index (χ3v) is 9.38. The van der Waals surface area contributed by atoms with Crippen molar-refractivity contribution in [2.24, 2.45) is 11.8 Å². The molecule has 4 aliphatic carbocycles. The van der Waals surface area contributed by atoms with Crippen molar-refractivity contribution in [2.45, 2.75) is 50.4 Å². The monoisotopic (exact) mass is 520 g/mol. The van der Waals surface area contributed by atoms with Crippen LogP contribution >= 0.6 is 12.1 Å². The van der Waals surface area contributed by atoms with Gasteiger partial charge in [0, 0.05) is 12.1 Å². The summed E-state index contributed by atoms with van der Waals surface area (Å²) in [6.45, 7) is 0.700. The summed E-state index contributed by atoms with van der Waals surface area (Å²) >= 11 is 4.83. The van der Waals surface area contributed by atoms with Gasteiger partial charge in [-0.25, -0.2) is 0 Å². The Labute approximate surface area is 258 Å². The molecule has 2 unspecified atom stereocenters. The first-order chi connectivity index (χ1) is 19.2. The minimum atomic E-state index is -0.676. The van der Waals surface area contributed by atoms with Gasteiger partial charge in [-0.2, -0.15) is 0 Å². The van der Waals surface area contributed by atoms with Gasteiger partial charge in [-0.3, -0.25) is 4.79 Å². The molecule has 0 spiro atoms. The van der Waals surface area contributed by atoms with Crippen LogP contribution in [0.3, 0.4) is 0 Å². The van der Waals surface area contributed by atoms with Gasteiger partial charge in [-0.15, -0.1) is 0 Å². The van der Waals surface area contributed by atoms with Crippen LogP contribution in [0.1, 0.15) is 71.0 Å². The average molecular weight is 518 g/mol. The Morgan fingerprint density at radius 2 is 1.48 bits per heavy atom. The molecule has 1 N–H and O–H groups in total. The molecule has 4 aliphatic rings. The van der Waals surface area contributed by atoms with Crippen molar-refractivity contribution in [3.8, 4) is 0 Å². The van der Waals surface area contributed by atoms with Gasteiger partial charge >= 0.3 is 104 Å². The maximum atomic E-state index is 12.2. The first kappa shape index (κ1) is 31.9. The van der Waals surface area contributed by atoms with Gasteiger partial charge in [0.2, 0.25) is 0 Å². The van der Waals surface area contributed by atoms with E-state index in [0.717, 1.165) is 35.7 Å². The fourth-order valence-electron chi connectivity index (χ4n) is 7.21. The first-order valence-corrected chi connectivity index (χ1v) is 14.9. The molecule has 2 fully saturated rings. The van der Waals surface area contributed by atoms with E-state index in [1.54, 1.807) is 11.1 Å². The van der Waals surface area contributed by atoms with Gasteiger partial charge in [0.15, 0.2) is 0 Å². The topological polar surface area (TPSA) is 29.1 Å². The molecule has 179 valence electrons. The number of benzene rings is 2. The first-order valence-electron chi connectivity index (χ1n) is 14.5. The van der Waals surface area contributed by atoms with E-state index >= 15 is 0 Å². The molecular weight excluding hydrogens is 491 g/mol. The van der Waals surface area contributed by atoms with Crippen molar-refractivity contribution in [1.82, 2.24) is 5.32 Å². The summed E-state index contributed by atoms with van der Waals surface area (Å²) in [4.78, 5) is 12.2. The van der Waals surface area contributed by atoms with Crippen LogP contribution < -0.4 is 5.32 Å². The molecule has 40 heavy (non-hydrogen) atoms. The zero-order valence-electron chi connectivity index (χ0n) is 23.2. The molecular formula is C24H27B13NOS. The maximum absolute atomic E-state index is 12.2. The number of carbonyl (C=O) groups excluding carboxylic acids is 1. The second kappa shape index (κ2) is 14.9. The van der Waals surface area contributed by atoms with Crippen LogP contribution in [0.5, 0.6) is 0 Å². The summed E-state index contributed by atoms with van der Waals surface area (Å²) < 4.78 is 0. The van der Waals surface area contributed by atoms with E-state index in [9.17, 15) is 4.79 Å². The summed E-state index contributed by atoms with van der Waals surface area (Å²) in [6.07, 6.45) is 5.59. The molecule has 4 bridgehead atoms. The van der Waals surface area contributed by atoms with Gasteiger partial charge in [0.25, 0.3) is 5.91 Å². The molecule has 0 aliphatic heterocycles. The molecule has 2 atom stereocenters. The van der Waals surface area contributed by atoms with Crippen LogP contribution in [0.2, 0.25) is 0 Å². The van der Waals surface area contributed by atoms with Gasteiger partial charge in [0.05, 0.1) is 0 Å². The van der Waals surface area contributed by atoms with Gasteiger partial charge in [-0.05, 0) is 91.0 Å². The molecule has 6 rings (SSSR count). The normalized spacial score (nSPS) is 21.4. The second-order valence-electron chi connectivity index (χ2n) is 11.9. The molecule has 0 saturated heterocycles. The van der Waals surface area contributed by atoms with Crippen molar-refractivity contribution in [3.63, 3.8) is 0 Å². The Morgan fingerprint density at radius 1 is 0.875 bits per heavy atom. The Bertz CT molecular complexity index is 1120. The summed E-state index contributed by atoms with van der Waals surface area (Å²) in [7, 11) is 34.5. The summed E-state index contributed by atoms with van der Waals surface area (Å²) in [6, 6.07) is 18.1. The van der Waals surface area contributed by atoms with Crippen LogP contribution in [-0.2, 0) is 6.42 Å². The van der Waals surface area contributed by atoms with Crippen molar-refractivity contribution in [1.29, 1.82) is 0 Å². The standard InChI is InChI=1S/C24H27NO.B13S/c26-24(19-4-2-1-3-5-19)25-9-8-16-6-7-22-20-11-17-10-18(12-20)14-21(13-17)23(22)15-16;1-7-11(6)12(8-14)13(9(2)3)10(4)5/h1-7,15,17-18,20-21H,8-14H2,(H,25,26);. The van der Waals surface area contributed by atoms with Crippen LogP contribution in [0.4, 0.5) is 0 Å². The molecule has 0 aromatic heterocycles. The Balaban J connectivity index is 0.000000227. The second-order valence-corrected chi connectivity index (χ2v) is 12.1. The van der Waals surface area contributed by atoms with E-state index in [4.69, 9.17) is 58.5 Å². The van der Waals surface area contributed by atoms with Crippen molar-refractivity contribution in [3.05, 3.63) is 70.8 Å². The zero-order valence-corrected chi connectivity index (χ0v) is 24.0. The van der Waals surface area contributed by atoms with E-state index in [1.807, 2.05) is 30.3 Å². The molecule has 1 amide bonds. The van der Waals surface area contributed by atoms with Gasteiger partial charge in [0.1, 0.15) is 0 Å². The van der Waals surface area contributed by atoms with E-state index in [0.29, 0.717) is 6.54 Å². The predicted molar refractivity (Wildman–Crippen MR) is 187 cm³/mol.